The summed E-state index contributed by atoms with van der Waals surface area (Å²) in [6.45, 7) is 0. The molecular weight excluding hydrogens is 236 g/mol. The number of nitrogens with zero attached hydrogens (tertiary/aromatic N) is 1. The minimum Gasteiger partial charge on any atom is -0.423 e. The van der Waals surface area contributed by atoms with Crippen LogP contribution in [0.1, 0.15) is 0 Å². The zero-order valence-corrected chi connectivity index (χ0v) is 10.6. The average Bonchev–Trinajstić information content (AvgIpc) is 2.93. The Bertz CT molecular complexity index is 603. The van der Waals surface area contributed by atoms with E-state index < -0.39 is 0 Å². The van der Waals surface area contributed by atoms with Gasteiger partial charge in [0.05, 0.1) is 0 Å². The molecule has 19 heavy (non-hydrogen) atoms. The van der Waals surface area contributed by atoms with Crippen LogP contribution in [-0.2, 0) is 0 Å². The highest BCUT2D eigenvalue weighted by molar-refractivity contribution is 5.77. The van der Waals surface area contributed by atoms with Gasteiger partial charge in [-0.15, -0.1) is 0 Å². The fourth-order valence-corrected chi connectivity index (χ4v) is 2.00. The largest absolute Gasteiger partial charge is 0.423 e. The Labute approximate surface area is 111 Å². The molecule has 3 nitrogen and oxygen atoms in total. The van der Waals surface area contributed by atoms with Gasteiger partial charge in [-0.05, 0) is 0 Å². The number of hydrogen-bond acceptors (Lipinski definition) is 3. The minimum atomic E-state index is 0.526. The molecule has 3 heteroatoms. The smallest absolute Gasteiger partial charge is 0.295 e. The molecule has 0 atom stereocenters. The van der Waals surface area contributed by atoms with Crippen molar-refractivity contribution in [2.45, 2.75) is 0 Å². The van der Waals surface area contributed by atoms with Crippen LogP contribution in [0.25, 0.3) is 22.6 Å². The Morgan fingerprint density at radius 3 is 2.00 bits per heavy atom. The molecule has 0 saturated heterocycles. The maximum Gasteiger partial charge on any atom is 0.295 e. The van der Waals surface area contributed by atoms with Crippen LogP contribution < -0.4 is 5.32 Å². The number of benzene rings is 2. The topological polar surface area (TPSA) is 38.1 Å². The van der Waals surface area contributed by atoms with Crippen molar-refractivity contribution in [3.63, 3.8) is 0 Å². The van der Waals surface area contributed by atoms with Gasteiger partial charge < -0.3 is 9.73 Å². The summed E-state index contributed by atoms with van der Waals surface area (Å²) >= 11 is 0. The highest BCUT2D eigenvalue weighted by Gasteiger charge is 2.15. The van der Waals surface area contributed by atoms with Gasteiger partial charge in [-0.2, -0.15) is 4.98 Å². The molecule has 0 bridgehead atoms. The number of oxazole rings is 1. The van der Waals surface area contributed by atoms with E-state index in [4.69, 9.17) is 4.42 Å². The van der Waals surface area contributed by atoms with Crippen molar-refractivity contribution in [3.05, 3.63) is 60.7 Å². The summed E-state index contributed by atoms with van der Waals surface area (Å²) in [5.74, 6) is 0.788. The third-order valence-electron chi connectivity index (χ3n) is 2.92. The molecule has 0 aliphatic rings. The predicted molar refractivity (Wildman–Crippen MR) is 76.9 cm³/mol. The van der Waals surface area contributed by atoms with E-state index in [9.17, 15) is 0 Å². The van der Waals surface area contributed by atoms with Crippen LogP contribution in [0.3, 0.4) is 0 Å². The number of nitrogens with one attached hydrogen (secondary N) is 1. The van der Waals surface area contributed by atoms with Crippen LogP contribution >= 0.6 is 0 Å². The highest BCUT2D eigenvalue weighted by Crippen LogP contribution is 2.33. The average molecular weight is 250 g/mol. The second-order valence-electron chi connectivity index (χ2n) is 4.18. The highest BCUT2D eigenvalue weighted by atomic mass is 16.4. The third-order valence-corrected chi connectivity index (χ3v) is 2.92. The first-order valence-electron chi connectivity index (χ1n) is 6.18. The van der Waals surface area contributed by atoms with Crippen LogP contribution in [-0.4, -0.2) is 12.0 Å². The van der Waals surface area contributed by atoms with Crippen molar-refractivity contribution >= 4 is 6.01 Å². The van der Waals surface area contributed by atoms with Gasteiger partial charge in [-0.3, -0.25) is 0 Å². The number of hydrogen-bond donors (Lipinski definition) is 1. The summed E-state index contributed by atoms with van der Waals surface area (Å²) in [6.07, 6.45) is 0. The third kappa shape index (κ3) is 2.22. The van der Waals surface area contributed by atoms with Crippen molar-refractivity contribution in [1.82, 2.24) is 4.98 Å². The lowest BCUT2D eigenvalue weighted by Crippen LogP contribution is -1.86. The first-order chi connectivity index (χ1) is 9.38. The summed E-state index contributed by atoms with van der Waals surface area (Å²) in [7, 11) is 1.80. The van der Waals surface area contributed by atoms with E-state index in [-0.39, 0.29) is 0 Å². The predicted octanol–water partition coefficient (Wildman–Crippen LogP) is 4.05. The fraction of sp³-hybridized carbons (Fsp3) is 0.0625. The Morgan fingerprint density at radius 2 is 1.42 bits per heavy atom. The lowest BCUT2D eigenvalue weighted by atomic mass is 10.1. The van der Waals surface area contributed by atoms with Gasteiger partial charge >= 0.3 is 0 Å². The maximum atomic E-state index is 5.78. The van der Waals surface area contributed by atoms with Crippen LogP contribution in [0.4, 0.5) is 6.01 Å². The van der Waals surface area contributed by atoms with Gasteiger partial charge in [0.15, 0.2) is 5.76 Å². The summed E-state index contributed by atoms with van der Waals surface area (Å²) in [5, 5.41) is 2.95. The zero-order valence-electron chi connectivity index (χ0n) is 10.6. The first-order valence-corrected chi connectivity index (χ1v) is 6.18. The lowest BCUT2D eigenvalue weighted by Gasteiger charge is -2.00. The molecule has 0 aliphatic heterocycles. The van der Waals surface area contributed by atoms with E-state index in [0.717, 1.165) is 22.6 Å². The van der Waals surface area contributed by atoms with Crippen molar-refractivity contribution < 1.29 is 4.42 Å². The molecule has 3 rings (SSSR count). The van der Waals surface area contributed by atoms with E-state index in [0.29, 0.717) is 6.01 Å². The standard InChI is InChI=1S/C16H14N2O/c1-17-16-18-14(12-8-4-2-5-9-12)15(19-16)13-10-6-3-7-11-13/h2-11H,1H3,(H,17,18). The Kier molecular flexibility index (Phi) is 3.02. The summed E-state index contributed by atoms with van der Waals surface area (Å²) in [4.78, 5) is 4.50. The van der Waals surface area contributed by atoms with Gasteiger partial charge in [0.25, 0.3) is 6.01 Å². The van der Waals surface area contributed by atoms with E-state index >= 15 is 0 Å². The second kappa shape index (κ2) is 4.98. The molecule has 1 N–H and O–H groups in total. The van der Waals surface area contributed by atoms with Crippen molar-refractivity contribution in [2.24, 2.45) is 0 Å². The molecule has 0 amide bonds. The molecule has 2 aromatic carbocycles. The lowest BCUT2D eigenvalue weighted by molar-refractivity contribution is 0.590. The van der Waals surface area contributed by atoms with Crippen molar-refractivity contribution in [3.8, 4) is 22.6 Å². The van der Waals surface area contributed by atoms with Crippen molar-refractivity contribution in [2.75, 3.05) is 12.4 Å². The molecule has 0 saturated carbocycles. The molecule has 0 fully saturated rings. The van der Waals surface area contributed by atoms with E-state index in [1.807, 2.05) is 60.7 Å². The van der Waals surface area contributed by atoms with Crippen LogP contribution in [0.15, 0.2) is 65.1 Å². The monoisotopic (exact) mass is 250 g/mol. The van der Waals surface area contributed by atoms with Crippen molar-refractivity contribution in [1.29, 1.82) is 0 Å². The normalized spacial score (nSPS) is 10.4. The molecule has 1 aromatic heterocycles. The fourth-order valence-electron chi connectivity index (χ4n) is 2.00. The van der Waals surface area contributed by atoms with E-state index in [1.165, 1.54) is 0 Å². The summed E-state index contributed by atoms with van der Waals surface area (Å²) < 4.78 is 5.78. The SMILES string of the molecule is CNc1nc(-c2ccccc2)c(-c2ccccc2)o1. The molecule has 0 radical (unpaired) electrons. The Morgan fingerprint density at radius 1 is 0.842 bits per heavy atom. The molecule has 3 aromatic rings. The van der Waals surface area contributed by atoms with E-state index in [2.05, 4.69) is 10.3 Å². The van der Waals surface area contributed by atoms with Crippen LogP contribution in [0, 0.1) is 0 Å². The minimum absolute atomic E-state index is 0.526. The summed E-state index contributed by atoms with van der Waals surface area (Å²) in [6, 6.07) is 20.6. The molecular formula is C16H14N2O. The quantitative estimate of drug-likeness (QED) is 0.762. The Balaban J connectivity index is 2.17. The van der Waals surface area contributed by atoms with Gasteiger partial charge in [0.2, 0.25) is 0 Å². The van der Waals surface area contributed by atoms with Crippen LogP contribution in [0.5, 0.6) is 0 Å². The number of anilines is 1. The number of aromatic nitrogens is 1. The zero-order chi connectivity index (χ0) is 13.1. The van der Waals surface area contributed by atoms with Gasteiger partial charge in [-0.25, -0.2) is 0 Å². The second-order valence-corrected chi connectivity index (χ2v) is 4.18. The first kappa shape index (κ1) is 11.5. The molecule has 0 spiro atoms. The van der Waals surface area contributed by atoms with E-state index in [1.54, 1.807) is 7.05 Å². The number of rotatable bonds is 3. The molecule has 1 heterocycles. The summed E-state index contributed by atoms with van der Waals surface area (Å²) in [5.41, 5.74) is 2.93. The molecule has 94 valence electrons. The van der Waals surface area contributed by atoms with Crippen LogP contribution in [0.2, 0.25) is 0 Å². The molecule has 0 unspecified atom stereocenters. The Hall–Kier alpha value is -2.55. The van der Waals surface area contributed by atoms with Gasteiger partial charge in [0, 0.05) is 18.2 Å². The van der Waals surface area contributed by atoms with Gasteiger partial charge in [0.1, 0.15) is 5.69 Å². The molecule has 0 aliphatic carbocycles. The van der Waals surface area contributed by atoms with Gasteiger partial charge in [-0.1, -0.05) is 60.7 Å². The maximum absolute atomic E-state index is 5.78.